The van der Waals surface area contributed by atoms with Gasteiger partial charge in [-0.3, -0.25) is 9.69 Å². The number of rotatable bonds is 7. The minimum Gasteiger partial charge on any atom is -0.380 e. The lowest BCUT2D eigenvalue weighted by Gasteiger charge is -2.35. The average molecular weight is 349 g/mol. The van der Waals surface area contributed by atoms with Crippen molar-refractivity contribution in [3.8, 4) is 0 Å². The molecule has 2 fully saturated rings. The molecule has 24 heavy (non-hydrogen) atoms. The van der Waals surface area contributed by atoms with Crippen LogP contribution in [0.15, 0.2) is 35.2 Å². The van der Waals surface area contributed by atoms with Crippen molar-refractivity contribution in [1.29, 1.82) is 0 Å². The molecule has 0 saturated carbocycles. The average Bonchev–Trinajstić information content (AvgIpc) is 3.16. The van der Waals surface area contributed by atoms with Crippen molar-refractivity contribution in [2.24, 2.45) is 5.92 Å². The third-order valence-corrected chi connectivity index (χ3v) is 6.01. The summed E-state index contributed by atoms with van der Waals surface area (Å²) in [6, 6.07) is 10.9. The molecule has 132 valence electrons. The van der Waals surface area contributed by atoms with Crippen LogP contribution in [0, 0.1) is 5.92 Å². The SMILES string of the molecule is O=C(CCSc1ccccc1)NCC1CCN([C@@H]2CCOC2)CC1. The third kappa shape index (κ3) is 5.50. The highest BCUT2D eigenvalue weighted by Crippen LogP contribution is 2.22. The quantitative estimate of drug-likeness (QED) is 0.770. The van der Waals surface area contributed by atoms with Gasteiger partial charge >= 0.3 is 0 Å². The molecule has 0 spiro atoms. The zero-order valence-corrected chi connectivity index (χ0v) is 15.1. The molecule has 0 aliphatic carbocycles. The van der Waals surface area contributed by atoms with Gasteiger partial charge in [-0.05, 0) is 50.4 Å². The smallest absolute Gasteiger partial charge is 0.220 e. The second-order valence-corrected chi connectivity index (χ2v) is 7.88. The van der Waals surface area contributed by atoms with E-state index in [9.17, 15) is 4.79 Å². The molecule has 4 nitrogen and oxygen atoms in total. The number of nitrogens with zero attached hydrogens (tertiary/aromatic N) is 1. The predicted molar refractivity (Wildman–Crippen MR) is 98.3 cm³/mol. The molecule has 2 aliphatic heterocycles. The molecule has 1 aromatic rings. The fraction of sp³-hybridized carbons (Fsp3) is 0.632. The number of amides is 1. The van der Waals surface area contributed by atoms with Crippen LogP contribution in [0.4, 0.5) is 0 Å². The number of ether oxygens (including phenoxy) is 1. The third-order valence-electron chi connectivity index (χ3n) is 5.00. The second-order valence-electron chi connectivity index (χ2n) is 6.71. The number of hydrogen-bond donors (Lipinski definition) is 1. The van der Waals surface area contributed by atoms with E-state index < -0.39 is 0 Å². The Hall–Kier alpha value is -1.04. The van der Waals surface area contributed by atoms with Gasteiger partial charge in [0.25, 0.3) is 0 Å². The number of likely N-dealkylation sites (tertiary alicyclic amines) is 1. The number of carbonyl (C=O) groups excluding carboxylic acids is 1. The molecule has 0 aromatic heterocycles. The minimum atomic E-state index is 0.185. The first kappa shape index (κ1) is 17.8. The molecule has 1 atom stereocenters. The summed E-state index contributed by atoms with van der Waals surface area (Å²) >= 11 is 1.75. The molecule has 1 aromatic carbocycles. The van der Waals surface area contributed by atoms with Gasteiger partial charge in [0.2, 0.25) is 5.91 Å². The molecule has 0 bridgehead atoms. The Morgan fingerprint density at radius 2 is 2.00 bits per heavy atom. The zero-order chi connectivity index (χ0) is 16.6. The van der Waals surface area contributed by atoms with Gasteiger partial charge in [0.1, 0.15) is 0 Å². The summed E-state index contributed by atoms with van der Waals surface area (Å²) in [5.41, 5.74) is 0. The summed E-state index contributed by atoms with van der Waals surface area (Å²) in [7, 11) is 0. The molecule has 2 aliphatic rings. The Balaban J connectivity index is 1.27. The maximum absolute atomic E-state index is 12.0. The van der Waals surface area contributed by atoms with Crippen LogP contribution in [0.2, 0.25) is 0 Å². The Morgan fingerprint density at radius 3 is 2.71 bits per heavy atom. The van der Waals surface area contributed by atoms with Crippen LogP contribution in [-0.2, 0) is 9.53 Å². The Labute approximate surface area is 149 Å². The van der Waals surface area contributed by atoms with E-state index in [0.29, 0.717) is 18.4 Å². The van der Waals surface area contributed by atoms with Crippen LogP contribution in [0.3, 0.4) is 0 Å². The van der Waals surface area contributed by atoms with E-state index in [-0.39, 0.29) is 5.91 Å². The normalized spacial score (nSPS) is 22.6. The van der Waals surface area contributed by atoms with Crippen molar-refractivity contribution < 1.29 is 9.53 Å². The molecule has 3 rings (SSSR count). The van der Waals surface area contributed by atoms with Gasteiger partial charge in [0.15, 0.2) is 0 Å². The van der Waals surface area contributed by atoms with Gasteiger partial charge in [0, 0.05) is 36.3 Å². The molecule has 0 unspecified atom stereocenters. The highest BCUT2D eigenvalue weighted by atomic mass is 32.2. The van der Waals surface area contributed by atoms with E-state index in [0.717, 1.165) is 38.6 Å². The summed E-state index contributed by atoms with van der Waals surface area (Å²) in [5.74, 6) is 1.66. The lowest BCUT2D eigenvalue weighted by molar-refractivity contribution is -0.120. The fourth-order valence-electron chi connectivity index (χ4n) is 3.46. The molecular weight excluding hydrogens is 320 g/mol. The fourth-order valence-corrected chi connectivity index (χ4v) is 4.33. The highest BCUT2D eigenvalue weighted by molar-refractivity contribution is 7.99. The molecule has 1 N–H and O–H groups in total. The van der Waals surface area contributed by atoms with Gasteiger partial charge in [-0.15, -0.1) is 11.8 Å². The van der Waals surface area contributed by atoms with Gasteiger partial charge < -0.3 is 10.1 Å². The Bertz CT molecular complexity index is 497. The minimum absolute atomic E-state index is 0.185. The first-order valence-corrected chi connectivity index (χ1v) is 10.1. The first-order chi connectivity index (χ1) is 11.8. The van der Waals surface area contributed by atoms with Gasteiger partial charge in [-0.25, -0.2) is 0 Å². The standard InChI is InChI=1S/C19H28N2O2S/c22-19(9-13-24-18-4-2-1-3-5-18)20-14-16-6-10-21(11-7-16)17-8-12-23-15-17/h1-5,16-17H,6-15H2,(H,20,22)/t17-/m1/s1. The molecule has 5 heteroatoms. The lowest BCUT2D eigenvalue weighted by Crippen LogP contribution is -2.44. The predicted octanol–water partition coefficient (Wildman–Crippen LogP) is 2.79. The van der Waals surface area contributed by atoms with Crippen molar-refractivity contribution in [2.45, 2.75) is 36.6 Å². The second kappa shape index (κ2) is 9.44. The molecule has 2 saturated heterocycles. The number of thioether (sulfide) groups is 1. The topological polar surface area (TPSA) is 41.6 Å². The summed E-state index contributed by atoms with van der Waals surface area (Å²) in [5, 5.41) is 3.13. The number of benzene rings is 1. The highest BCUT2D eigenvalue weighted by Gasteiger charge is 2.27. The van der Waals surface area contributed by atoms with Crippen molar-refractivity contribution in [1.82, 2.24) is 10.2 Å². The van der Waals surface area contributed by atoms with E-state index in [1.807, 2.05) is 18.2 Å². The van der Waals surface area contributed by atoms with E-state index in [1.165, 1.54) is 24.2 Å². The van der Waals surface area contributed by atoms with E-state index in [1.54, 1.807) is 11.8 Å². The zero-order valence-electron chi connectivity index (χ0n) is 14.3. The van der Waals surface area contributed by atoms with Crippen LogP contribution in [0.5, 0.6) is 0 Å². The van der Waals surface area contributed by atoms with Gasteiger partial charge in [0.05, 0.1) is 6.61 Å². The van der Waals surface area contributed by atoms with Crippen molar-refractivity contribution in [2.75, 3.05) is 38.6 Å². The van der Waals surface area contributed by atoms with Crippen molar-refractivity contribution >= 4 is 17.7 Å². The molecule has 0 radical (unpaired) electrons. The summed E-state index contributed by atoms with van der Waals surface area (Å²) in [4.78, 5) is 15.8. The van der Waals surface area contributed by atoms with E-state index in [4.69, 9.17) is 4.74 Å². The molecular formula is C19H28N2O2S. The number of piperidine rings is 1. The van der Waals surface area contributed by atoms with E-state index in [2.05, 4.69) is 22.3 Å². The summed E-state index contributed by atoms with van der Waals surface area (Å²) in [6.07, 6.45) is 4.16. The van der Waals surface area contributed by atoms with E-state index >= 15 is 0 Å². The first-order valence-electron chi connectivity index (χ1n) is 9.07. The Morgan fingerprint density at radius 1 is 1.21 bits per heavy atom. The van der Waals surface area contributed by atoms with Crippen LogP contribution >= 0.6 is 11.8 Å². The van der Waals surface area contributed by atoms with Gasteiger partial charge in [-0.1, -0.05) is 18.2 Å². The number of carbonyl (C=O) groups is 1. The largest absolute Gasteiger partial charge is 0.380 e. The van der Waals surface area contributed by atoms with Crippen LogP contribution in [-0.4, -0.2) is 55.4 Å². The Kier molecular flexibility index (Phi) is 6.99. The lowest BCUT2D eigenvalue weighted by atomic mass is 9.95. The van der Waals surface area contributed by atoms with Crippen molar-refractivity contribution in [3.63, 3.8) is 0 Å². The molecule has 1 amide bonds. The van der Waals surface area contributed by atoms with Crippen molar-refractivity contribution in [3.05, 3.63) is 30.3 Å². The van der Waals surface area contributed by atoms with Gasteiger partial charge in [-0.2, -0.15) is 0 Å². The molecule has 2 heterocycles. The summed E-state index contributed by atoms with van der Waals surface area (Å²) in [6.45, 7) is 4.96. The number of nitrogens with one attached hydrogen (secondary N) is 1. The maximum Gasteiger partial charge on any atom is 0.220 e. The van der Waals surface area contributed by atoms with Crippen LogP contribution in [0.25, 0.3) is 0 Å². The van der Waals surface area contributed by atoms with Crippen LogP contribution < -0.4 is 5.32 Å². The maximum atomic E-state index is 12.0. The summed E-state index contributed by atoms with van der Waals surface area (Å²) < 4.78 is 5.48. The number of hydrogen-bond acceptors (Lipinski definition) is 4. The monoisotopic (exact) mass is 348 g/mol. The van der Waals surface area contributed by atoms with Crippen LogP contribution in [0.1, 0.15) is 25.7 Å².